The number of alkyl halides is 4. The first-order valence-corrected chi connectivity index (χ1v) is 5.72. The van der Waals surface area contributed by atoms with Crippen LogP contribution in [-0.4, -0.2) is 19.4 Å². The lowest BCUT2D eigenvalue weighted by molar-refractivity contribution is -0.173. The van der Waals surface area contributed by atoms with Gasteiger partial charge in [0.2, 0.25) is 0 Å². The van der Waals surface area contributed by atoms with Gasteiger partial charge < -0.3 is 4.74 Å². The average molecular weight is 308 g/mol. The Hall–Kier alpha value is -0.160. The highest BCUT2D eigenvalue weighted by molar-refractivity contribution is 6.42. The molecule has 0 spiro atoms. The molecular weight excluding hydrogens is 299 g/mol. The van der Waals surface area contributed by atoms with Crippen molar-refractivity contribution in [3.8, 4) is 0 Å². The second kappa shape index (κ2) is 6.14. The Kier molecular flexibility index (Phi) is 5.38. The van der Waals surface area contributed by atoms with Gasteiger partial charge in [0.15, 0.2) is 0 Å². The van der Waals surface area contributed by atoms with E-state index in [1.54, 1.807) is 6.07 Å². The minimum absolute atomic E-state index is 0.251. The summed E-state index contributed by atoms with van der Waals surface area (Å²) in [4.78, 5) is 0. The molecule has 1 rings (SSSR count). The fraction of sp³-hybridized carbons (Fsp3) is 0.400. The fourth-order valence-corrected chi connectivity index (χ4v) is 1.61. The van der Waals surface area contributed by atoms with Crippen LogP contribution >= 0.6 is 34.8 Å². The lowest BCUT2D eigenvalue weighted by Crippen LogP contribution is -2.18. The second-order valence-electron chi connectivity index (χ2n) is 3.27. The molecule has 0 aromatic heterocycles. The van der Waals surface area contributed by atoms with E-state index in [0.717, 1.165) is 0 Å². The van der Waals surface area contributed by atoms with E-state index in [0.29, 0.717) is 15.6 Å². The smallest absolute Gasteiger partial charge is 0.370 e. The molecule has 0 amide bonds. The Bertz CT molecular complexity index is 382. The number of ether oxygens (including phenoxy) is 1. The first kappa shape index (κ1) is 14.9. The van der Waals surface area contributed by atoms with Crippen molar-refractivity contribution in [3.05, 3.63) is 33.8 Å². The summed E-state index contributed by atoms with van der Waals surface area (Å²) in [6.45, 7) is -1.57. The van der Waals surface area contributed by atoms with E-state index in [-0.39, 0.29) is 6.61 Å². The third-order valence-corrected chi connectivity index (χ3v) is 2.95. The number of halogens is 6. The predicted molar refractivity (Wildman–Crippen MR) is 61.9 cm³/mol. The monoisotopic (exact) mass is 306 g/mol. The van der Waals surface area contributed by atoms with E-state index >= 15 is 0 Å². The van der Waals surface area contributed by atoms with Crippen LogP contribution in [0.1, 0.15) is 10.9 Å². The SMILES string of the molecule is FC(F)(F)COCC(Cl)c1ccc(Cl)c(Cl)c1. The van der Waals surface area contributed by atoms with E-state index in [4.69, 9.17) is 34.8 Å². The molecule has 0 aliphatic carbocycles. The molecule has 0 saturated heterocycles. The molecule has 0 N–H and O–H groups in total. The maximum atomic E-state index is 11.8. The molecule has 0 aliphatic rings. The highest BCUT2D eigenvalue weighted by Gasteiger charge is 2.27. The quantitative estimate of drug-likeness (QED) is 0.722. The van der Waals surface area contributed by atoms with E-state index in [1.807, 2.05) is 0 Å². The molecule has 1 unspecified atom stereocenters. The van der Waals surface area contributed by atoms with Gasteiger partial charge in [-0.25, -0.2) is 0 Å². The fourth-order valence-electron chi connectivity index (χ4n) is 1.08. The minimum Gasteiger partial charge on any atom is -0.370 e. The van der Waals surface area contributed by atoms with Crippen molar-refractivity contribution in [1.29, 1.82) is 0 Å². The van der Waals surface area contributed by atoms with Crippen molar-refractivity contribution in [2.24, 2.45) is 0 Å². The van der Waals surface area contributed by atoms with Gasteiger partial charge in [0.05, 0.1) is 22.0 Å². The Morgan fingerprint density at radius 3 is 2.35 bits per heavy atom. The van der Waals surface area contributed by atoms with Crippen LogP contribution in [0, 0.1) is 0 Å². The number of benzene rings is 1. The summed E-state index contributed by atoms with van der Waals surface area (Å²) in [6.07, 6.45) is -4.35. The topological polar surface area (TPSA) is 9.23 Å². The number of hydrogen-bond acceptors (Lipinski definition) is 1. The molecule has 0 aliphatic heterocycles. The third-order valence-electron chi connectivity index (χ3n) is 1.84. The standard InChI is InChI=1S/C10H8Cl3F3O/c11-7-2-1-6(3-8(7)12)9(13)4-17-5-10(14,15)16/h1-3,9H,4-5H2. The molecule has 96 valence electrons. The molecule has 0 bridgehead atoms. The summed E-state index contributed by atoms with van der Waals surface area (Å²) in [5, 5.41) is -0.0479. The van der Waals surface area contributed by atoms with Crippen molar-refractivity contribution in [2.75, 3.05) is 13.2 Å². The molecule has 0 saturated carbocycles. The molecule has 1 aromatic carbocycles. The lowest BCUT2D eigenvalue weighted by atomic mass is 10.1. The van der Waals surface area contributed by atoms with E-state index in [2.05, 4.69) is 4.74 Å². The molecule has 0 radical (unpaired) electrons. The zero-order valence-electron chi connectivity index (χ0n) is 8.40. The third kappa shape index (κ3) is 5.34. The van der Waals surface area contributed by atoms with Crippen molar-refractivity contribution in [1.82, 2.24) is 0 Å². The van der Waals surface area contributed by atoms with Gasteiger partial charge in [0, 0.05) is 0 Å². The van der Waals surface area contributed by atoms with Gasteiger partial charge in [0.25, 0.3) is 0 Å². The highest BCUT2D eigenvalue weighted by Crippen LogP contribution is 2.29. The van der Waals surface area contributed by atoms with Gasteiger partial charge in [-0.15, -0.1) is 11.6 Å². The van der Waals surface area contributed by atoms with Crippen LogP contribution < -0.4 is 0 Å². The van der Waals surface area contributed by atoms with Crippen LogP contribution in [0.2, 0.25) is 10.0 Å². The lowest BCUT2D eigenvalue weighted by Gasteiger charge is -2.12. The minimum atomic E-state index is -4.35. The first-order chi connectivity index (χ1) is 7.79. The molecule has 0 heterocycles. The van der Waals surface area contributed by atoms with Gasteiger partial charge in [-0.05, 0) is 17.7 Å². The largest absolute Gasteiger partial charge is 0.411 e. The molecular formula is C10H8Cl3F3O. The Labute approximate surface area is 111 Å². The van der Waals surface area contributed by atoms with Crippen molar-refractivity contribution >= 4 is 34.8 Å². The Morgan fingerprint density at radius 1 is 1.18 bits per heavy atom. The van der Waals surface area contributed by atoms with Crippen LogP contribution in [0.15, 0.2) is 18.2 Å². The summed E-state index contributed by atoms with van der Waals surface area (Å²) < 4.78 is 39.9. The summed E-state index contributed by atoms with van der Waals surface area (Å²) >= 11 is 17.3. The molecule has 1 atom stereocenters. The second-order valence-corrected chi connectivity index (χ2v) is 4.61. The first-order valence-electron chi connectivity index (χ1n) is 4.53. The van der Waals surface area contributed by atoms with Gasteiger partial charge in [0.1, 0.15) is 6.61 Å². The summed E-state index contributed by atoms with van der Waals surface area (Å²) in [7, 11) is 0. The Morgan fingerprint density at radius 2 is 1.82 bits per heavy atom. The average Bonchev–Trinajstić information content (AvgIpc) is 2.20. The maximum absolute atomic E-state index is 11.8. The van der Waals surface area contributed by atoms with Crippen LogP contribution in [0.25, 0.3) is 0 Å². The zero-order chi connectivity index (χ0) is 13.1. The molecule has 1 nitrogen and oxygen atoms in total. The van der Waals surface area contributed by atoms with Crippen LogP contribution in [-0.2, 0) is 4.74 Å². The van der Waals surface area contributed by atoms with E-state index in [9.17, 15) is 13.2 Å². The van der Waals surface area contributed by atoms with E-state index < -0.39 is 18.2 Å². The normalized spacial score (nSPS) is 13.8. The molecule has 7 heteroatoms. The summed E-state index contributed by atoms with van der Waals surface area (Å²) in [5.74, 6) is 0. The van der Waals surface area contributed by atoms with Gasteiger partial charge in [-0.3, -0.25) is 0 Å². The Balaban J connectivity index is 2.52. The zero-order valence-corrected chi connectivity index (χ0v) is 10.7. The molecule has 1 aromatic rings. The van der Waals surface area contributed by atoms with Gasteiger partial charge in [-0.2, -0.15) is 13.2 Å². The number of rotatable bonds is 4. The van der Waals surface area contributed by atoms with Gasteiger partial charge in [-0.1, -0.05) is 29.3 Å². The van der Waals surface area contributed by atoms with Crippen molar-refractivity contribution in [2.45, 2.75) is 11.6 Å². The molecule has 17 heavy (non-hydrogen) atoms. The highest BCUT2D eigenvalue weighted by atomic mass is 35.5. The van der Waals surface area contributed by atoms with Crippen LogP contribution in [0.4, 0.5) is 13.2 Å². The summed E-state index contributed by atoms with van der Waals surface area (Å²) in [6, 6.07) is 4.61. The van der Waals surface area contributed by atoms with Gasteiger partial charge >= 0.3 is 6.18 Å². The van der Waals surface area contributed by atoms with Crippen molar-refractivity contribution in [3.63, 3.8) is 0 Å². The van der Waals surface area contributed by atoms with E-state index in [1.165, 1.54) is 12.1 Å². The summed E-state index contributed by atoms with van der Waals surface area (Å²) in [5.41, 5.74) is 0.559. The predicted octanol–water partition coefficient (Wildman–Crippen LogP) is 4.85. The van der Waals surface area contributed by atoms with Crippen molar-refractivity contribution < 1.29 is 17.9 Å². The van der Waals surface area contributed by atoms with Crippen LogP contribution in [0.3, 0.4) is 0 Å². The van der Waals surface area contributed by atoms with Crippen LogP contribution in [0.5, 0.6) is 0 Å². The number of hydrogen-bond donors (Lipinski definition) is 0. The molecule has 0 fully saturated rings. The maximum Gasteiger partial charge on any atom is 0.411 e.